The standard InChI is InChI=1S/C21H27N6O2.H2O4S/c1-6-25(11-12-27(3,4)5)18-7-9-20(16(2)13-18)23-24-21-10-8-19(26(28)29)14-17(21)15-22;1-5(2,3)4/h7-10,13-14H,6,11-12H2,1-5H3;(H2,1,2,3,4)/q+1;/p-1. The summed E-state index contributed by atoms with van der Waals surface area (Å²) in [4.78, 5) is 12.6. The van der Waals surface area contributed by atoms with E-state index in [-0.39, 0.29) is 11.3 Å². The van der Waals surface area contributed by atoms with Crippen LogP contribution in [0.25, 0.3) is 0 Å². The van der Waals surface area contributed by atoms with Gasteiger partial charge in [0.1, 0.15) is 11.8 Å². The second kappa shape index (κ2) is 12.1. The van der Waals surface area contributed by atoms with Gasteiger partial charge in [-0.15, -0.1) is 5.11 Å². The highest BCUT2D eigenvalue weighted by Gasteiger charge is 2.13. The molecule has 0 aliphatic rings. The van der Waals surface area contributed by atoms with Crippen LogP contribution in [0.2, 0.25) is 0 Å². The first-order valence-electron chi connectivity index (χ1n) is 10.1. The highest BCUT2D eigenvalue weighted by Crippen LogP contribution is 2.29. The van der Waals surface area contributed by atoms with Crippen molar-refractivity contribution in [3.8, 4) is 6.07 Å². The Hall–Kier alpha value is -3.44. The molecule has 184 valence electrons. The Morgan fingerprint density at radius 1 is 1.15 bits per heavy atom. The number of aryl methyl sites for hydroxylation is 1. The normalized spacial score (nSPS) is 11.5. The molecule has 0 aliphatic heterocycles. The predicted octanol–water partition coefficient (Wildman–Crippen LogP) is 3.73. The summed E-state index contributed by atoms with van der Waals surface area (Å²) in [6.07, 6.45) is 0. The Balaban J connectivity index is 0.00000104. The molecule has 0 bridgehead atoms. The fourth-order valence-electron chi connectivity index (χ4n) is 2.76. The van der Waals surface area contributed by atoms with E-state index in [0.717, 1.165) is 35.4 Å². The third-order valence-corrected chi connectivity index (χ3v) is 4.54. The summed E-state index contributed by atoms with van der Waals surface area (Å²) >= 11 is 0. The summed E-state index contributed by atoms with van der Waals surface area (Å²) in [6.45, 7) is 7.00. The zero-order valence-corrected chi connectivity index (χ0v) is 20.5. The van der Waals surface area contributed by atoms with Crippen LogP contribution in [0.15, 0.2) is 46.6 Å². The number of nitriles is 1. The van der Waals surface area contributed by atoms with Gasteiger partial charge in [-0.1, -0.05) is 0 Å². The summed E-state index contributed by atoms with van der Waals surface area (Å²) in [5.41, 5.74) is 3.07. The molecule has 0 saturated carbocycles. The van der Waals surface area contributed by atoms with Gasteiger partial charge in [0.2, 0.25) is 10.4 Å². The predicted molar refractivity (Wildman–Crippen MR) is 126 cm³/mol. The minimum Gasteiger partial charge on any atom is -0.726 e. The minimum absolute atomic E-state index is 0.120. The zero-order chi connectivity index (χ0) is 26.1. The lowest BCUT2D eigenvalue weighted by molar-refractivity contribution is -0.868. The van der Waals surface area contributed by atoms with Gasteiger partial charge in [-0.05, 0) is 43.7 Å². The maximum absolute atomic E-state index is 10.9. The van der Waals surface area contributed by atoms with Gasteiger partial charge in [-0.25, -0.2) is 8.42 Å². The van der Waals surface area contributed by atoms with Crippen molar-refractivity contribution in [3.63, 3.8) is 0 Å². The Kier molecular flexibility index (Phi) is 10.2. The van der Waals surface area contributed by atoms with Gasteiger partial charge in [-0.3, -0.25) is 14.7 Å². The lowest BCUT2D eigenvalue weighted by Crippen LogP contribution is -2.42. The topological polar surface area (TPSA) is 172 Å². The largest absolute Gasteiger partial charge is 0.726 e. The Labute approximate surface area is 199 Å². The van der Waals surface area contributed by atoms with Gasteiger partial charge in [0.15, 0.2) is 0 Å². The van der Waals surface area contributed by atoms with Crippen molar-refractivity contribution >= 4 is 33.1 Å². The number of nitro groups is 1. The van der Waals surface area contributed by atoms with E-state index < -0.39 is 15.3 Å². The van der Waals surface area contributed by atoms with Crippen LogP contribution in [0.5, 0.6) is 0 Å². The molecule has 0 radical (unpaired) electrons. The summed E-state index contributed by atoms with van der Waals surface area (Å²) < 4.78 is 33.7. The minimum atomic E-state index is -4.92. The second-order valence-corrected chi connectivity index (χ2v) is 9.12. The van der Waals surface area contributed by atoms with Crippen LogP contribution in [-0.4, -0.2) is 67.7 Å². The molecule has 0 fully saturated rings. The number of rotatable bonds is 8. The van der Waals surface area contributed by atoms with E-state index in [0.29, 0.717) is 11.4 Å². The molecule has 0 spiro atoms. The maximum Gasteiger partial charge on any atom is 0.270 e. The zero-order valence-electron chi connectivity index (χ0n) is 19.7. The van der Waals surface area contributed by atoms with E-state index in [1.807, 2.05) is 25.1 Å². The van der Waals surface area contributed by atoms with Gasteiger partial charge >= 0.3 is 0 Å². The Morgan fingerprint density at radius 2 is 1.71 bits per heavy atom. The van der Waals surface area contributed by atoms with Crippen LogP contribution in [0.4, 0.5) is 22.7 Å². The van der Waals surface area contributed by atoms with Crippen LogP contribution in [0, 0.1) is 28.4 Å². The second-order valence-electron chi connectivity index (χ2n) is 8.26. The fraction of sp³-hybridized carbons (Fsp3) is 0.381. The maximum atomic E-state index is 10.9. The molecule has 13 heteroatoms. The van der Waals surface area contributed by atoms with Crippen LogP contribution in [-0.2, 0) is 10.4 Å². The third kappa shape index (κ3) is 10.5. The van der Waals surface area contributed by atoms with Crippen LogP contribution >= 0.6 is 0 Å². The van der Waals surface area contributed by atoms with Gasteiger partial charge < -0.3 is 13.9 Å². The van der Waals surface area contributed by atoms with Gasteiger partial charge in [-0.2, -0.15) is 10.4 Å². The van der Waals surface area contributed by atoms with Crippen molar-refractivity contribution < 1.29 is 26.9 Å². The van der Waals surface area contributed by atoms with Crippen molar-refractivity contribution in [2.45, 2.75) is 13.8 Å². The molecule has 0 amide bonds. The van der Waals surface area contributed by atoms with E-state index in [2.05, 4.69) is 49.3 Å². The van der Waals surface area contributed by atoms with Crippen molar-refractivity contribution in [2.24, 2.45) is 10.2 Å². The lowest BCUT2D eigenvalue weighted by Gasteiger charge is -2.29. The molecule has 0 atom stereocenters. The molecule has 12 nitrogen and oxygen atoms in total. The van der Waals surface area contributed by atoms with Crippen molar-refractivity contribution in [3.05, 3.63) is 57.6 Å². The van der Waals surface area contributed by atoms with Crippen molar-refractivity contribution in [1.29, 1.82) is 5.26 Å². The van der Waals surface area contributed by atoms with Crippen molar-refractivity contribution in [1.82, 2.24) is 0 Å². The Morgan fingerprint density at radius 3 is 2.18 bits per heavy atom. The van der Waals surface area contributed by atoms with E-state index in [1.54, 1.807) is 0 Å². The monoisotopic (exact) mass is 492 g/mol. The van der Waals surface area contributed by atoms with E-state index in [9.17, 15) is 15.4 Å². The number of nitro benzene ring substituents is 1. The molecule has 34 heavy (non-hydrogen) atoms. The number of anilines is 1. The first-order valence-corrected chi connectivity index (χ1v) is 11.5. The molecule has 0 aliphatic carbocycles. The molecule has 2 rings (SSSR count). The molecule has 2 aromatic rings. The number of azo groups is 1. The average Bonchev–Trinajstić information content (AvgIpc) is 2.71. The number of non-ortho nitro benzene ring substituents is 1. The first-order chi connectivity index (χ1) is 15.6. The number of hydrogen-bond donors (Lipinski definition) is 1. The Bertz CT molecular complexity index is 1180. The van der Waals surface area contributed by atoms with Gasteiger partial charge in [0.05, 0.1) is 50.4 Å². The van der Waals surface area contributed by atoms with Crippen LogP contribution < -0.4 is 4.90 Å². The lowest BCUT2D eigenvalue weighted by atomic mass is 10.1. The van der Waals surface area contributed by atoms with Crippen LogP contribution in [0.1, 0.15) is 18.1 Å². The molecular formula is C21H28N6O6S. The van der Waals surface area contributed by atoms with Gasteiger partial charge in [0.25, 0.3) is 5.69 Å². The number of nitrogens with zero attached hydrogens (tertiary/aromatic N) is 6. The summed E-state index contributed by atoms with van der Waals surface area (Å²) in [7, 11) is 1.61. The van der Waals surface area contributed by atoms with E-state index in [4.69, 9.17) is 17.5 Å². The van der Waals surface area contributed by atoms with E-state index >= 15 is 0 Å². The molecule has 0 heterocycles. The molecule has 0 unspecified atom stereocenters. The number of quaternary nitrogens is 1. The third-order valence-electron chi connectivity index (χ3n) is 4.54. The van der Waals surface area contributed by atoms with Crippen LogP contribution in [0.3, 0.4) is 0 Å². The smallest absolute Gasteiger partial charge is 0.270 e. The fourth-order valence-corrected chi connectivity index (χ4v) is 2.76. The van der Waals surface area contributed by atoms with E-state index in [1.165, 1.54) is 18.2 Å². The molecular weight excluding hydrogens is 464 g/mol. The van der Waals surface area contributed by atoms with Gasteiger partial charge in [0, 0.05) is 24.4 Å². The SMILES string of the molecule is CCN(CC[N+](C)(C)C)c1ccc(N=Nc2ccc([N+](=O)[O-])cc2C#N)c(C)c1.O=S(=O)([O-])O. The molecule has 0 saturated heterocycles. The summed E-state index contributed by atoms with van der Waals surface area (Å²) in [5.74, 6) is 0. The summed E-state index contributed by atoms with van der Waals surface area (Å²) in [6, 6.07) is 11.9. The number of benzene rings is 2. The average molecular weight is 493 g/mol. The highest BCUT2D eigenvalue weighted by molar-refractivity contribution is 7.79. The summed E-state index contributed by atoms with van der Waals surface area (Å²) in [5, 5.41) is 28.5. The number of likely N-dealkylation sites (N-methyl/N-ethyl adjacent to an activating group) is 2. The quantitative estimate of drug-likeness (QED) is 0.145. The molecule has 2 aromatic carbocycles. The van der Waals surface area contributed by atoms with Crippen molar-refractivity contribution in [2.75, 3.05) is 45.7 Å². The number of hydrogen-bond acceptors (Lipinski definition) is 9. The highest BCUT2D eigenvalue weighted by atomic mass is 32.3. The molecule has 1 N–H and O–H groups in total. The molecule has 0 aromatic heterocycles. The first kappa shape index (κ1) is 28.6.